The number of hydrogen-bond acceptors (Lipinski definition) is 6. The second-order valence-corrected chi connectivity index (χ2v) is 10.4. The van der Waals surface area contributed by atoms with Gasteiger partial charge in [-0.15, -0.1) is 0 Å². The summed E-state index contributed by atoms with van der Waals surface area (Å²) in [4.78, 5) is 24.8. The van der Waals surface area contributed by atoms with E-state index < -0.39 is 36.9 Å². The molecule has 2 saturated heterocycles. The Balaban J connectivity index is 1.25. The summed E-state index contributed by atoms with van der Waals surface area (Å²) < 4.78 is 55.0. The smallest absolute Gasteiger partial charge is 0.329 e. The molecule has 2 aromatic heterocycles. The summed E-state index contributed by atoms with van der Waals surface area (Å²) >= 11 is 0. The van der Waals surface area contributed by atoms with Crippen molar-refractivity contribution in [3.63, 3.8) is 0 Å². The van der Waals surface area contributed by atoms with E-state index >= 15 is 0 Å². The molecule has 0 spiro atoms. The van der Waals surface area contributed by atoms with Gasteiger partial charge >= 0.3 is 11.8 Å². The molecule has 1 atom stereocenters. The van der Waals surface area contributed by atoms with E-state index in [1.165, 1.54) is 12.8 Å². The molecule has 4 aliphatic rings. The fraction of sp³-hybridized carbons (Fsp3) is 0.667. The van der Waals surface area contributed by atoms with Gasteiger partial charge in [0.1, 0.15) is 11.9 Å². The van der Waals surface area contributed by atoms with Crippen LogP contribution in [-0.4, -0.2) is 68.5 Å². The fourth-order valence-electron chi connectivity index (χ4n) is 6.02. The van der Waals surface area contributed by atoms with Crippen LogP contribution in [0.25, 0.3) is 0 Å². The third kappa shape index (κ3) is 3.98. The largest absolute Gasteiger partial charge is 0.329 e. The molecule has 4 heterocycles. The van der Waals surface area contributed by atoms with Gasteiger partial charge in [-0.3, -0.25) is 9.89 Å². The van der Waals surface area contributed by atoms with Crippen molar-refractivity contribution in [1.82, 2.24) is 25.1 Å². The summed E-state index contributed by atoms with van der Waals surface area (Å²) in [6.07, 6.45) is 8.24. The fourth-order valence-corrected chi connectivity index (χ4v) is 6.02. The minimum atomic E-state index is -4.23. The van der Waals surface area contributed by atoms with E-state index in [9.17, 15) is 22.4 Å². The first-order valence-electron chi connectivity index (χ1n) is 12.7. The number of halogens is 4. The van der Waals surface area contributed by atoms with E-state index in [4.69, 9.17) is 9.97 Å². The van der Waals surface area contributed by atoms with Gasteiger partial charge in [-0.25, -0.2) is 4.98 Å². The van der Waals surface area contributed by atoms with Crippen LogP contribution in [0.1, 0.15) is 67.8 Å². The molecule has 194 valence electrons. The number of aromatic nitrogens is 4. The first-order valence-corrected chi connectivity index (χ1v) is 12.7. The van der Waals surface area contributed by atoms with Crippen LogP contribution in [0.4, 0.5) is 35.1 Å². The molecule has 1 amide bonds. The summed E-state index contributed by atoms with van der Waals surface area (Å²) in [5, 5.41) is 10.9. The van der Waals surface area contributed by atoms with Crippen LogP contribution < -0.4 is 10.2 Å². The molecule has 2 aliphatic carbocycles. The maximum Gasteiger partial charge on any atom is 0.329 e. The van der Waals surface area contributed by atoms with Crippen molar-refractivity contribution in [2.24, 2.45) is 0 Å². The lowest BCUT2D eigenvalue weighted by Gasteiger charge is -2.28. The van der Waals surface area contributed by atoms with E-state index in [1.54, 1.807) is 4.90 Å². The van der Waals surface area contributed by atoms with Crippen molar-refractivity contribution < 1.29 is 22.4 Å². The Bertz CT molecular complexity index is 1150. The molecule has 0 unspecified atom stereocenters. The standard InChI is InChI=1S/C24H29F4N7O/c25-23(26)12-34(13-24(23,27)28)21(36)18-9-4-10-35(18)22-29-16-8-3-7-15(16)20(31-22)30-19-11-17(32-33-19)14-5-1-2-6-14/h11,14,18H,1-10,12-13H2,(H2,29,30,31,32,33)/t18-/m0/s1. The highest BCUT2D eigenvalue weighted by Gasteiger charge is 2.64. The molecule has 2 aliphatic heterocycles. The zero-order chi connectivity index (χ0) is 25.1. The summed E-state index contributed by atoms with van der Waals surface area (Å²) in [5.41, 5.74) is 2.99. The van der Waals surface area contributed by atoms with E-state index in [2.05, 4.69) is 15.5 Å². The van der Waals surface area contributed by atoms with Crippen LogP contribution in [0.5, 0.6) is 0 Å². The second kappa shape index (κ2) is 8.58. The monoisotopic (exact) mass is 507 g/mol. The number of amides is 1. The highest BCUT2D eigenvalue weighted by atomic mass is 19.3. The normalized spacial score (nSPS) is 25.1. The van der Waals surface area contributed by atoms with Crippen molar-refractivity contribution in [2.75, 3.05) is 29.9 Å². The van der Waals surface area contributed by atoms with Crippen LogP contribution >= 0.6 is 0 Å². The lowest BCUT2D eigenvalue weighted by atomic mass is 10.0. The maximum absolute atomic E-state index is 13.8. The number of aryl methyl sites for hydroxylation is 1. The minimum absolute atomic E-state index is 0.318. The maximum atomic E-state index is 13.8. The van der Waals surface area contributed by atoms with Crippen LogP contribution in [0.15, 0.2) is 6.07 Å². The second-order valence-electron chi connectivity index (χ2n) is 10.4. The van der Waals surface area contributed by atoms with Gasteiger partial charge in [-0.1, -0.05) is 12.8 Å². The average molecular weight is 508 g/mol. The average Bonchev–Trinajstić information content (AvgIpc) is 3.64. The minimum Gasteiger partial charge on any atom is -0.329 e. The zero-order valence-electron chi connectivity index (χ0n) is 19.9. The molecular formula is C24H29F4N7O. The molecule has 0 bridgehead atoms. The van der Waals surface area contributed by atoms with Crippen LogP contribution in [-0.2, 0) is 17.6 Å². The van der Waals surface area contributed by atoms with E-state index in [1.807, 2.05) is 6.07 Å². The Morgan fingerprint density at radius 3 is 2.50 bits per heavy atom. The molecule has 1 saturated carbocycles. The number of aromatic amines is 1. The summed E-state index contributed by atoms with van der Waals surface area (Å²) in [6.45, 7) is -2.10. The Hall–Kier alpha value is -2.92. The molecule has 0 aromatic carbocycles. The van der Waals surface area contributed by atoms with Crippen LogP contribution in [0, 0.1) is 0 Å². The topological polar surface area (TPSA) is 90.0 Å². The first-order chi connectivity index (χ1) is 17.2. The van der Waals surface area contributed by atoms with Gasteiger partial charge < -0.3 is 15.1 Å². The Morgan fingerprint density at radius 2 is 1.75 bits per heavy atom. The van der Waals surface area contributed by atoms with Crippen molar-refractivity contribution in [1.29, 1.82) is 0 Å². The third-order valence-electron chi connectivity index (χ3n) is 7.98. The van der Waals surface area contributed by atoms with E-state index in [0.29, 0.717) is 47.8 Å². The number of carbonyl (C=O) groups excluding carboxylic acids is 1. The first kappa shape index (κ1) is 23.5. The Morgan fingerprint density at radius 1 is 1.00 bits per heavy atom. The number of rotatable bonds is 5. The van der Waals surface area contributed by atoms with Crippen molar-refractivity contribution >= 4 is 23.5 Å². The third-order valence-corrected chi connectivity index (χ3v) is 7.98. The number of fused-ring (bicyclic) bond motifs is 1. The number of nitrogens with zero attached hydrogens (tertiary/aromatic N) is 5. The summed E-state index contributed by atoms with van der Waals surface area (Å²) in [5.74, 6) is -7.10. The van der Waals surface area contributed by atoms with Gasteiger partial charge in [0.2, 0.25) is 11.9 Å². The van der Waals surface area contributed by atoms with Gasteiger partial charge in [0.05, 0.1) is 18.8 Å². The van der Waals surface area contributed by atoms with E-state index in [0.717, 1.165) is 49.1 Å². The molecule has 3 fully saturated rings. The van der Waals surface area contributed by atoms with Gasteiger partial charge in [0, 0.05) is 29.8 Å². The van der Waals surface area contributed by atoms with E-state index in [-0.39, 0.29) is 0 Å². The molecule has 12 heteroatoms. The number of anilines is 3. The van der Waals surface area contributed by atoms with Crippen LogP contribution in [0.3, 0.4) is 0 Å². The molecule has 8 nitrogen and oxygen atoms in total. The van der Waals surface area contributed by atoms with Crippen LogP contribution in [0.2, 0.25) is 0 Å². The zero-order valence-corrected chi connectivity index (χ0v) is 19.9. The van der Waals surface area contributed by atoms with Gasteiger partial charge in [-0.2, -0.15) is 27.6 Å². The number of likely N-dealkylation sites (tertiary alicyclic amines) is 1. The number of H-pyrrole nitrogens is 1. The molecule has 2 aromatic rings. The SMILES string of the molecule is O=C([C@@H]1CCCN1c1nc2c(c(Nc3cc(C4CCCC4)[nH]n3)n1)CCC2)N1CC(F)(F)C(F)(F)C1. The lowest BCUT2D eigenvalue weighted by molar-refractivity contribution is -0.172. The quantitative estimate of drug-likeness (QED) is 0.591. The van der Waals surface area contributed by atoms with Gasteiger partial charge in [-0.05, 0) is 44.9 Å². The number of hydrogen-bond donors (Lipinski definition) is 2. The van der Waals surface area contributed by atoms with Gasteiger partial charge in [0.15, 0.2) is 5.82 Å². The number of carbonyl (C=O) groups is 1. The summed E-state index contributed by atoms with van der Waals surface area (Å²) in [6, 6.07) is 1.16. The van der Waals surface area contributed by atoms with Gasteiger partial charge in [0.25, 0.3) is 0 Å². The molecule has 2 N–H and O–H groups in total. The predicted octanol–water partition coefficient (Wildman–Crippen LogP) is 4.17. The summed E-state index contributed by atoms with van der Waals surface area (Å²) in [7, 11) is 0. The number of nitrogens with one attached hydrogen (secondary N) is 2. The van der Waals surface area contributed by atoms with Crippen molar-refractivity contribution in [2.45, 2.75) is 81.6 Å². The molecule has 6 rings (SSSR count). The van der Waals surface area contributed by atoms with Crippen molar-refractivity contribution in [3.05, 3.63) is 23.0 Å². The molecular weight excluding hydrogens is 478 g/mol. The highest BCUT2D eigenvalue weighted by Crippen LogP contribution is 2.42. The molecule has 36 heavy (non-hydrogen) atoms. The highest BCUT2D eigenvalue weighted by molar-refractivity contribution is 5.86. The Kier molecular flexibility index (Phi) is 5.60. The number of alkyl halides is 4. The lowest BCUT2D eigenvalue weighted by Crippen LogP contribution is -2.46. The van der Waals surface area contributed by atoms with Crippen molar-refractivity contribution in [3.8, 4) is 0 Å². The molecule has 0 radical (unpaired) electrons. The predicted molar refractivity (Wildman–Crippen MR) is 124 cm³/mol. The Labute approximate surface area is 205 Å².